The van der Waals surface area contributed by atoms with Gasteiger partial charge in [-0.25, -0.2) is 0 Å². The van der Waals surface area contributed by atoms with Crippen molar-refractivity contribution in [3.05, 3.63) is 181 Å². The second kappa shape index (κ2) is 11.8. The molecule has 1 aromatic heterocycles. The Labute approximate surface area is 343 Å². The molecule has 1 heterocycles. The molecule has 5 aliphatic rings. The van der Waals surface area contributed by atoms with E-state index in [-0.39, 0.29) is 5.41 Å². The van der Waals surface area contributed by atoms with Gasteiger partial charge in [-0.3, -0.25) is 0 Å². The van der Waals surface area contributed by atoms with Crippen molar-refractivity contribution in [1.29, 1.82) is 0 Å². The number of furan rings is 1. The number of rotatable bonds is 3. The van der Waals surface area contributed by atoms with E-state index in [0.717, 1.165) is 45.6 Å². The van der Waals surface area contributed by atoms with Gasteiger partial charge in [0.25, 0.3) is 0 Å². The molecule has 0 atom stereocenters. The van der Waals surface area contributed by atoms with Crippen molar-refractivity contribution in [2.75, 3.05) is 0 Å². The van der Waals surface area contributed by atoms with Crippen LogP contribution in [0.25, 0.3) is 98.8 Å². The lowest BCUT2D eigenvalue weighted by Crippen LogP contribution is -2.55. The first kappa shape index (κ1) is 32.5. The van der Waals surface area contributed by atoms with Crippen molar-refractivity contribution in [3.63, 3.8) is 0 Å². The highest BCUT2D eigenvalue weighted by atomic mass is 16.3. The molecule has 1 spiro atoms. The first-order chi connectivity index (χ1) is 29.2. The van der Waals surface area contributed by atoms with Crippen LogP contribution < -0.4 is 0 Å². The van der Waals surface area contributed by atoms with E-state index in [9.17, 15) is 0 Å². The molecule has 15 rings (SSSR count). The Morgan fingerprint density at radius 2 is 0.898 bits per heavy atom. The van der Waals surface area contributed by atoms with Crippen LogP contribution in [0.3, 0.4) is 0 Å². The first-order valence-electron chi connectivity index (χ1n) is 21.8. The summed E-state index contributed by atoms with van der Waals surface area (Å²) in [7, 11) is 0. The molecule has 0 aliphatic heterocycles. The summed E-state index contributed by atoms with van der Waals surface area (Å²) < 4.78 is 6.26. The fourth-order valence-corrected chi connectivity index (χ4v) is 13.6. The van der Waals surface area contributed by atoms with Gasteiger partial charge in [0.1, 0.15) is 11.2 Å². The molecule has 9 aromatic carbocycles. The molecule has 0 N–H and O–H groups in total. The third-order valence-corrected chi connectivity index (χ3v) is 15.6. The van der Waals surface area contributed by atoms with Crippen LogP contribution in [-0.2, 0) is 5.41 Å². The molecule has 0 radical (unpaired) electrons. The third kappa shape index (κ3) is 4.35. The normalized spacial score (nSPS) is 22.6. The summed E-state index contributed by atoms with van der Waals surface area (Å²) in [6, 6.07) is 64.2. The van der Waals surface area contributed by atoms with Gasteiger partial charge in [-0.1, -0.05) is 140 Å². The molecule has 1 heteroatoms. The highest BCUT2D eigenvalue weighted by molar-refractivity contribution is 6.22. The fraction of sp³-hybridized carbons (Fsp3) is 0.172. The number of benzene rings is 9. The van der Waals surface area contributed by atoms with Gasteiger partial charge >= 0.3 is 0 Å². The second-order valence-corrected chi connectivity index (χ2v) is 18.4. The first-order valence-corrected chi connectivity index (χ1v) is 21.8. The van der Waals surface area contributed by atoms with E-state index >= 15 is 0 Å². The highest BCUT2D eigenvalue weighted by Crippen LogP contribution is 2.70. The lowest BCUT2D eigenvalue weighted by molar-refractivity contribution is -0.0399. The lowest BCUT2D eigenvalue weighted by Gasteiger charge is -2.61. The zero-order chi connectivity index (χ0) is 38.4. The van der Waals surface area contributed by atoms with Crippen LogP contribution >= 0.6 is 0 Å². The van der Waals surface area contributed by atoms with Crippen molar-refractivity contribution >= 4 is 54.3 Å². The van der Waals surface area contributed by atoms with Gasteiger partial charge in [-0.15, -0.1) is 0 Å². The maximum atomic E-state index is 6.26. The van der Waals surface area contributed by atoms with E-state index in [0.29, 0.717) is 0 Å². The van der Waals surface area contributed by atoms with Crippen molar-refractivity contribution < 1.29 is 4.42 Å². The van der Waals surface area contributed by atoms with Gasteiger partial charge in [-0.05, 0) is 174 Å². The summed E-state index contributed by atoms with van der Waals surface area (Å²) in [5, 5.41) is 10.2. The number of hydrogen-bond acceptors (Lipinski definition) is 1. The Morgan fingerprint density at radius 1 is 0.356 bits per heavy atom. The minimum atomic E-state index is 0.150. The summed E-state index contributed by atoms with van der Waals surface area (Å²) in [6.45, 7) is 0. The maximum Gasteiger partial charge on any atom is 0.135 e. The van der Waals surface area contributed by atoms with E-state index in [1.807, 2.05) is 6.07 Å². The number of hydrogen-bond donors (Lipinski definition) is 0. The minimum absolute atomic E-state index is 0.150. The Bertz CT molecular complexity index is 3330. The molecule has 10 aromatic rings. The summed E-state index contributed by atoms with van der Waals surface area (Å²) in [4.78, 5) is 0. The van der Waals surface area contributed by atoms with Crippen LogP contribution in [0.2, 0.25) is 0 Å². The minimum Gasteiger partial charge on any atom is -0.456 e. The van der Waals surface area contributed by atoms with Gasteiger partial charge < -0.3 is 4.42 Å². The van der Waals surface area contributed by atoms with Crippen LogP contribution in [0.4, 0.5) is 0 Å². The quantitative estimate of drug-likeness (QED) is 0.164. The number of para-hydroxylation sites is 1. The second-order valence-electron chi connectivity index (χ2n) is 18.4. The zero-order valence-corrected chi connectivity index (χ0v) is 32.9. The van der Waals surface area contributed by atoms with Crippen molar-refractivity contribution in [2.24, 2.45) is 23.7 Å². The van der Waals surface area contributed by atoms with E-state index in [1.165, 1.54) is 109 Å². The largest absolute Gasteiger partial charge is 0.456 e. The van der Waals surface area contributed by atoms with E-state index in [2.05, 4.69) is 164 Å². The Kier molecular flexibility index (Phi) is 6.52. The molecule has 5 aliphatic carbocycles. The van der Waals surface area contributed by atoms with Crippen LogP contribution in [0.5, 0.6) is 0 Å². The molecule has 0 amide bonds. The molecular weight excluding hydrogens is 713 g/mol. The average molecular weight is 755 g/mol. The Hall–Kier alpha value is -6.44. The zero-order valence-electron chi connectivity index (χ0n) is 32.9. The lowest BCUT2D eigenvalue weighted by atomic mass is 9.43. The molecule has 59 heavy (non-hydrogen) atoms. The van der Waals surface area contributed by atoms with E-state index in [4.69, 9.17) is 4.42 Å². The molecule has 280 valence electrons. The Morgan fingerprint density at radius 3 is 1.61 bits per heavy atom. The summed E-state index contributed by atoms with van der Waals surface area (Å²) in [5.41, 5.74) is 15.8. The van der Waals surface area contributed by atoms with E-state index in [1.54, 1.807) is 11.1 Å². The van der Waals surface area contributed by atoms with Crippen LogP contribution in [0, 0.1) is 23.7 Å². The van der Waals surface area contributed by atoms with Gasteiger partial charge in [0.05, 0.1) is 0 Å². The average Bonchev–Trinajstić information content (AvgIpc) is 3.80. The maximum absolute atomic E-state index is 6.26. The molecule has 4 bridgehead atoms. The van der Waals surface area contributed by atoms with Crippen LogP contribution in [-0.4, -0.2) is 0 Å². The fourth-order valence-electron chi connectivity index (χ4n) is 13.6. The van der Waals surface area contributed by atoms with Gasteiger partial charge in [0, 0.05) is 16.2 Å². The molecule has 0 unspecified atom stereocenters. The highest BCUT2D eigenvalue weighted by Gasteiger charge is 2.61. The summed E-state index contributed by atoms with van der Waals surface area (Å²) in [5.74, 6) is 3.36. The molecule has 4 fully saturated rings. The van der Waals surface area contributed by atoms with Gasteiger partial charge in [0.2, 0.25) is 0 Å². The van der Waals surface area contributed by atoms with E-state index < -0.39 is 0 Å². The standard InChI is InChI=1S/C58H42O/c1-2-13-43-36(10-1)20-24-52-57(43)50-32-38(21-23-51(50)58(52)41-27-34-26-35(29-41)30-42(58)28-34)37-11-9-12-39(31-37)55-45-15-3-5-17-47(45)56(48-18-6-4-16-46(48)55)40-22-25-54-49(33-40)44-14-7-8-19-53(44)59-54/h1-25,31-35,41-42H,26-30H2. The summed E-state index contributed by atoms with van der Waals surface area (Å²) in [6.07, 6.45) is 7.08. The molecule has 4 saturated carbocycles. The Balaban J connectivity index is 0.957. The smallest absolute Gasteiger partial charge is 0.135 e. The molecular formula is C58H42O. The van der Waals surface area contributed by atoms with Crippen molar-refractivity contribution in [1.82, 2.24) is 0 Å². The monoisotopic (exact) mass is 754 g/mol. The summed E-state index contributed by atoms with van der Waals surface area (Å²) >= 11 is 0. The predicted molar refractivity (Wildman–Crippen MR) is 246 cm³/mol. The molecule has 0 saturated heterocycles. The van der Waals surface area contributed by atoms with Gasteiger partial charge in [0.15, 0.2) is 0 Å². The van der Waals surface area contributed by atoms with Crippen LogP contribution in [0.1, 0.15) is 43.2 Å². The van der Waals surface area contributed by atoms with Crippen LogP contribution in [0.15, 0.2) is 174 Å². The molecule has 1 nitrogen and oxygen atoms in total. The predicted octanol–water partition coefficient (Wildman–Crippen LogP) is 15.8. The van der Waals surface area contributed by atoms with Crippen molar-refractivity contribution in [3.8, 4) is 44.5 Å². The van der Waals surface area contributed by atoms with Crippen molar-refractivity contribution in [2.45, 2.75) is 37.5 Å². The van der Waals surface area contributed by atoms with Gasteiger partial charge in [-0.2, -0.15) is 0 Å². The SMILES string of the molecule is c1cc(-c2ccc3c(c2)-c2c(ccc4ccccc24)C32C3CC4CC(C3)CC2C4)cc(-c2c3ccccc3c(-c3ccc4oc5ccccc5c4c3)c3ccccc23)c1. The third-order valence-electron chi connectivity index (χ3n) is 15.6. The number of fused-ring (bicyclic) bond motifs is 10. The topological polar surface area (TPSA) is 13.1 Å².